The summed E-state index contributed by atoms with van der Waals surface area (Å²) in [4.78, 5) is 28.7. The number of nitrogens with one attached hydrogen (secondary N) is 1. The predicted octanol–water partition coefficient (Wildman–Crippen LogP) is 3.48. The molecule has 1 amide bonds. The van der Waals surface area contributed by atoms with E-state index in [-0.39, 0.29) is 11.4 Å². The van der Waals surface area contributed by atoms with Crippen LogP contribution in [0.15, 0.2) is 36.5 Å². The smallest absolute Gasteiger partial charge is 0.328 e. The summed E-state index contributed by atoms with van der Waals surface area (Å²) in [7, 11) is 1.36. The monoisotopic (exact) mass is 420 g/mol. The summed E-state index contributed by atoms with van der Waals surface area (Å²) >= 11 is 5.94. The number of ether oxygens (including phenoxy) is 2. The summed E-state index contributed by atoms with van der Waals surface area (Å²) in [5.74, 6) is -1.60. The number of pyridine rings is 1. The van der Waals surface area contributed by atoms with Gasteiger partial charge in [0, 0.05) is 22.7 Å². The van der Waals surface area contributed by atoms with E-state index in [2.05, 4.69) is 10.3 Å². The molecule has 2 unspecified atom stereocenters. The second kappa shape index (κ2) is 9.13. The van der Waals surface area contributed by atoms with Crippen LogP contribution in [-0.2, 0) is 14.9 Å². The van der Waals surface area contributed by atoms with E-state index < -0.39 is 35.2 Å². The molecule has 7 nitrogen and oxygen atoms in total. The van der Waals surface area contributed by atoms with E-state index >= 15 is 0 Å². The summed E-state index contributed by atoms with van der Waals surface area (Å²) in [5, 5.41) is 13.1. The van der Waals surface area contributed by atoms with Crippen LogP contribution in [0.25, 0.3) is 0 Å². The minimum Gasteiger partial charge on any atom is -0.503 e. The molecule has 1 aromatic carbocycles. The van der Waals surface area contributed by atoms with Gasteiger partial charge >= 0.3 is 5.97 Å². The van der Waals surface area contributed by atoms with Crippen molar-refractivity contribution in [3.63, 3.8) is 0 Å². The number of hydrogen-bond acceptors (Lipinski definition) is 6. The van der Waals surface area contributed by atoms with Gasteiger partial charge in [-0.2, -0.15) is 0 Å². The number of benzene rings is 1. The number of methoxy groups -OCH3 is 1. The first-order valence-electron chi connectivity index (χ1n) is 9.07. The summed E-state index contributed by atoms with van der Waals surface area (Å²) in [5.41, 5.74) is 0.249. The first kappa shape index (κ1) is 22.5. The molecule has 0 bridgehead atoms. The third-order valence-corrected chi connectivity index (χ3v) is 5.17. The minimum atomic E-state index is -0.946. The number of esters is 1. The van der Waals surface area contributed by atoms with Crippen molar-refractivity contribution in [2.24, 2.45) is 0 Å². The average molecular weight is 421 g/mol. The summed E-state index contributed by atoms with van der Waals surface area (Å²) < 4.78 is 10.5. The zero-order valence-electron chi connectivity index (χ0n) is 17.0. The van der Waals surface area contributed by atoms with Gasteiger partial charge in [-0.05, 0) is 31.5 Å². The van der Waals surface area contributed by atoms with E-state index in [1.165, 1.54) is 26.3 Å². The van der Waals surface area contributed by atoms with Crippen molar-refractivity contribution in [2.75, 3.05) is 7.11 Å². The van der Waals surface area contributed by atoms with Crippen molar-refractivity contribution < 1.29 is 24.2 Å². The lowest BCUT2D eigenvalue weighted by Crippen LogP contribution is -2.44. The topological polar surface area (TPSA) is 97.8 Å². The fourth-order valence-corrected chi connectivity index (χ4v) is 2.75. The lowest BCUT2D eigenvalue weighted by molar-refractivity contribution is -0.153. The molecule has 156 valence electrons. The number of amides is 1. The predicted molar refractivity (Wildman–Crippen MR) is 109 cm³/mol. The Bertz CT molecular complexity index is 883. The average Bonchev–Trinajstić information content (AvgIpc) is 2.68. The molecule has 0 fully saturated rings. The van der Waals surface area contributed by atoms with Gasteiger partial charge in [0.1, 0.15) is 12.1 Å². The highest BCUT2D eigenvalue weighted by Gasteiger charge is 2.32. The molecule has 1 heterocycles. The zero-order chi connectivity index (χ0) is 21.8. The lowest BCUT2D eigenvalue weighted by atomic mass is 9.80. The number of hydrogen-bond donors (Lipinski definition) is 2. The fourth-order valence-electron chi connectivity index (χ4n) is 2.63. The SMILES string of the molecule is COc1ccnc(C(=O)NC(C)C(=O)OC(C)C(C)(C)c2ccc(Cl)cc2)c1O. The third kappa shape index (κ3) is 5.17. The first-order valence-corrected chi connectivity index (χ1v) is 9.45. The Balaban J connectivity index is 2.04. The molecule has 0 saturated heterocycles. The Kier molecular flexibility index (Phi) is 7.08. The van der Waals surface area contributed by atoms with Gasteiger partial charge in [0.25, 0.3) is 5.91 Å². The molecule has 1 aromatic heterocycles. The fraction of sp³-hybridized carbons (Fsp3) is 0.381. The lowest BCUT2D eigenvalue weighted by Gasteiger charge is -2.32. The molecule has 2 aromatic rings. The molecule has 29 heavy (non-hydrogen) atoms. The second-order valence-electron chi connectivity index (χ2n) is 7.21. The van der Waals surface area contributed by atoms with Crippen LogP contribution >= 0.6 is 11.6 Å². The van der Waals surface area contributed by atoms with Crippen molar-refractivity contribution in [3.8, 4) is 11.5 Å². The highest BCUT2D eigenvalue weighted by molar-refractivity contribution is 6.30. The van der Waals surface area contributed by atoms with E-state index in [0.717, 1.165) is 5.56 Å². The molecule has 8 heteroatoms. The number of carbonyl (C=O) groups excluding carboxylic acids is 2. The normalized spacial score (nSPS) is 13.3. The molecule has 0 aliphatic heterocycles. The minimum absolute atomic E-state index is 0.110. The van der Waals surface area contributed by atoms with Gasteiger partial charge in [0.05, 0.1) is 7.11 Å². The highest BCUT2D eigenvalue weighted by Crippen LogP contribution is 2.30. The standard InChI is InChI=1S/C21H25ClN2O5/c1-12(24-19(26)17-18(25)16(28-5)10-11-23-17)20(27)29-13(2)21(3,4)14-6-8-15(22)9-7-14/h6-13,25H,1-5H3,(H,24,26). The molecular formula is C21H25ClN2O5. The van der Waals surface area contributed by atoms with Crippen molar-refractivity contribution in [2.45, 2.75) is 45.3 Å². The van der Waals surface area contributed by atoms with Gasteiger partial charge in [-0.1, -0.05) is 37.6 Å². The summed E-state index contributed by atoms with van der Waals surface area (Å²) in [6.07, 6.45) is 0.853. The molecule has 0 aliphatic rings. The Morgan fingerprint density at radius 3 is 2.38 bits per heavy atom. The van der Waals surface area contributed by atoms with E-state index in [0.29, 0.717) is 5.02 Å². The van der Waals surface area contributed by atoms with Gasteiger partial charge in [-0.25, -0.2) is 9.78 Å². The first-order chi connectivity index (χ1) is 13.6. The number of rotatable bonds is 7. The van der Waals surface area contributed by atoms with Crippen molar-refractivity contribution >= 4 is 23.5 Å². The number of aromatic hydroxyl groups is 1. The Hall–Kier alpha value is -2.80. The van der Waals surface area contributed by atoms with E-state index in [9.17, 15) is 14.7 Å². The van der Waals surface area contributed by atoms with Crippen molar-refractivity contribution in [1.82, 2.24) is 10.3 Å². The van der Waals surface area contributed by atoms with Crippen molar-refractivity contribution in [1.29, 1.82) is 0 Å². The molecule has 0 radical (unpaired) electrons. The molecule has 2 atom stereocenters. The molecule has 0 saturated carbocycles. The van der Waals surface area contributed by atoms with Crippen LogP contribution in [0.4, 0.5) is 0 Å². The molecule has 0 spiro atoms. The Morgan fingerprint density at radius 1 is 1.17 bits per heavy atom. The van der Waals surface area contributed by atoms with Crippen LogP contribution in [0.2, 0.25) is 5.02 Å². The number of nitrogens with zero attached hydrogens (tertiary/aromatic N) is 1. The number of halogens is 1. The van der Waals surface area contributed by atoms with Crippen LogP contribution < -0.4 is 10.1 Å². The highest BCUT2D eigenvalue weighted by atomic mass is 35.5. The quantitative estimate of drug-likeness (QED) is 0.665. The zero-order valence-corrected chi connectivity index (χ0v) is 17.8. The van der Waals surface area contributed by atoms with Gasteiger partial charge in [-0.3, -0.25) is 4.79 Å². The molecule has 2 N–H and O–H groups in total. The maximum absolute atomic E-state index is 12.5. The van der Waals surface area contributed by atoms with Gasteiger partial charge in [0.2, 0.25) is 0 Å². The maximum atomic E-state index is 12.5. The van der Waals surface area contributed by atoms with Crippen LogP contribution in [0.5, 0.6) is 11.5 Å². The second-order valence-corrected chi connectivity index (χ2v) is 7.65. The summed E-state index contributed by atoms with van der Waals surface area (Å²) in [6, 6.07) is 7.81. The molecular weight excluding hydrogens is 396 g/mol. The third-order valence-electron chi connectivity index (χ3n) is 4.92. The van der Waals surface area contributed by atoms with E-state index in [4.69, 9.17) is 21.1 Å². The van der Waals surface area contributed by atoms with Crippen LogP contribution in [0.3, 0.4) is 0 Å². The van der Waals surface area contributed by atoms with Gasteiger partial charge in [-0.15, -0.1) is 0 Å². The van der Waals surface area contributed by atoms with Crippen LogP contribution in [0, 0.1) is 0 Å². The maximum Gasteiger partial charge on any atom is 0.328 e. The van der Waals surface area contributed by atoms with Crippen molar-refractivity contribution in [3.05, 3.63) is 52.8 Å². The van der Waals surface area contributed by atoms with Gasteiger partial charge < -0.3 is 19.9 Å². The number of aromatic nitrogens is 1. The Morgan fingerprint density at radius 2 is 1.79 bits per heavy atom. The number of carbonyl (C=O) groups is 2. The molecule has 2 rings (SSSR count). The Labute approximate surface area is 175 Å². The van der Waals surface area contributed by atoms with E-state index in [1.807, 2.05) is 26.0 Å². The van der Waals surface area contributed by atoms with Gasteiger partial charge in [0.15, 0.2) is 17.2 Å². The van der Waals surface area contributed by atoms with Crippen LogP contribution in [-0.4, -0.2) is 41.2 Å². The summed E-state index contributed by atoms with van der Waals surface area (Å²) in [6.45, 7) is 7.20. The largest absolute Gasteiger partial charge is 0.503 e. The van der Waals surface area contributed by atoms with Crippen LogP contribution in [0.1, 0.15) is 43.7 Å². The molecule has 0 aliphatic carbocycles. The van der Waals surface area contributed by atoms with E-state index in [1.54, 1.807) is 19.1 Å².